The Morgan fingerprint density at radius 2 is 1.87 bits per heavy atom. The number of sulfonamides is 1. The number of nitrogens with zero attached hydrogens (tertiary/aromatic N) is 1. The fraction of sp³-hybridized carbons (Fsp3) is 0.250. The summed E-state index contributed by atoms with van der Waals surface area (Å²) in [7, 11) is -3.43. The van der Waals surface area contributed by atoms with Gasteiger partial charge in [0, 0.05) is 28.9 Å². The molecular weight excluding hydrogens is 448 g/mol. The number of fused-ring (bicyclic) bond motifs is 1. The first-order chi connectivity index (χ1) is 14.5. The van der Waals surface area contributed by atoms with Gasteiger partial charge < -0.3 is 9.15 Å². The molecule has 0 amide bonds. The van der Waals surface area contributed by atoms with Crippen LogP contribution in [0, 0.1) is 0 Å². The standard InChI is InChI=1S/C20H19ClN2O7S/c1-12(19(25)13-3-6-15(7-4-13)22-31(2,27)28)29-18(24)9-10-23-16-8-5-14(21)11-17(16)30-20(23)26/h3-8,11-12,22H,9-10H2,1-2H3/t12-/m0/s1. The SMILES string of the molecule is C[C@H](OC(=O)CCn1c(=O)oc2cc(Cl)ccc21)C(=O)c1ccc(NS(C)(=O)=O)cc1. The molecule has 1 heterocycles. The molecule has 0 aliphatic rings. The summed E-state index contributed by atoms with van der Waals surface area (Å²) in [6.45, 7) is 1.45. The van der Waals surface area contributed by atoms with Gasteiger partial charge in [-0.15, -0.1) is 0 Å². The van der Waals surface area contributed by atoms with Gasteiger partial charge in [0.15, 0.2) is 11.7 Å². The van der Waals surface area contributed by atoms with Crippen LogP contribution in [0.3, 0.4) is 0 Å². The second kappa shape index (κ2) is 8.94. The van der Waals surface area contributed by atoms with E-state index in [-0.39, 0.29) is 18.5 Å². The quantitative estimate of drug-likeness (QED) is 0.399. The first kappa shape index (κ1) is 22.6. The molecule has 9 nitrogen and oxygen atoms in total. The molecule has 0 saturated heterocycles. The second-order valence-corrected chi connectivity index (χ2v) is 9.01. The molecule has 0 aliphatic carbocycles. The average Bonchev–Trinajstić information content (AvgIpc) is 2.99. The zero-order valence-corrected chi connectivity index (χ0v) is 18.2. The van der Waals surface area contributed by atoms with Crippen LogP contribution in [0.25, 0.3) is 11.1 Å². The topological polar surface area (TPSA) is 125 Å². The maximum absolute atomic E-state index is 12.5. The Morgan fingerprint density at radius 3 is 2.52 bits per heavy atom. The zero-order chi connectivity index (χ0) is 22.8. The summed E-state index contributed by atoms with van der Waals surface area (Å²) in [6.07, 6.45) is -0.187. The third kappa shape index (κ3) is 5.74. The van der Waals surface area contributed by atoms with Gasteiger partial charge in [-0.05, 0) is 43.3 Å². The highest BCUT2D eigenvalue weighted by atomic mass is 35.5. The maximum Gasteiger partial charge on any atom is 0.419 e. The number of rotatable bonds is 8. The summed E-state index contributed by atoms with van der Waals surface area (Å²) in [5.74, 6) is -1.73. The lowest BCUT2D eigenvalue weighted by Crippen LogP contribution is -2.25. The molecule has 1 aromatic heterocycles. The normalized spacial score (nSPS) is 12.5. The van der Waals surface area contributed by atoms with Crippen LogP contribution in [0.1, 0.15) is 23.7 Å². The number of ketones is 1. The summed E-state index contributed by atoms with van der Waals surface area (Å²) in [4.78, 5) is 36.6. The molecule has 3 aromatic rings. The van der Waals surface area contributed by atoms with Crippen LogP contribution in [-0.2, 0) is 26.1 Å². The zero-order valence-electron chi connectivity index (χ0n) is 16.6. The monoisotopic (exact) mass is 466 g/mol. The van der Waals surface area contributed by atoms with Gasteiger partial charge in [-0.25, -0.2) is 13.2 Å². The van der Waals surface area contributed by atoms with E-state index in [1.165, 1.54) is 41.8 Å². The van der Waals surface area contributed by atoms with E-state index in [4.69, 9.17) is 20.8 Å². The van der Waals surface area contributed by atoms with E-state index in [2.05, 4.69) is 4.72 Å². The Labute approximate surface area is 182 Å². The molecule has 11 heteroatoms. The third-order valence-corrected chi connectivity index (χ3v) is 5.16. The fourth-order valence-corrected chi connectivity index (χ4v) is 3.64. The van der Waals surface area contributed by atoms with Gasteiger partial charge in [-0.2, -0.15) is 0 Å². The Bertz CT molecular complexity index is 1290. The van der Waals surface area contributed by atoms with E-state index in [0.29, 0.717) is 21.8 Å². The molecular formula is C20H19ClN2O7S. The summed E-state index contributed by atoms with van der Waals surface area (Å²) >= 11 is 5.87. The number of hydrogen-bond acceptors (Lipinski definition) is 7. The van der Waals surface area contributed by atoms with Crippen molar-refractivity contribution in [3.63, 3.8) is 0 Å². The van der Waals surface area contributed by atoms with Gasteiger partial charge in [0.25, 0.3) is 0 Å². The molecule has 0 radical (unpaired) electrons. The lowest BCUT2D eigenvalue weighted by molar-refractivity contribution is -0.146. The van der Waals surface area contributed by atoms with Crippen molar-refractivity contribution >= 4 is 50.2 Å². The predicted octanol–water partition coefficient (Wildman–Crippen LogP) is 2.82. The molecule has 1 atom stereocenters. The van der Waals surface area contributed by atoms with Crippen molar-refractivity contribution in [3.05, 3.63) is 63.6 Å². The third-order valence-electron chi connectivity index (χ3n) is 4.32. The van der Waals surface area contributed by atoms with Crippen LogP contribution >= 0.6 is 11.6 Å². The van der Waals surface area contributed by atoms with Crippen molar-refractivity contribution in [3.8, 4) is 0 Å². The molecule has 31 heavy (non-hydrogen) atoms. The second-order valence-electron chi connectivity index (χ2n) is 6.83. The summed E-state index contributed by atoms with van der Waals surface area (Å²) in [6, 6.07) is 10.5. The number of benzene rings is 2. The molecule has 0 spiro atoms. The molecule has 1 N–H and O–H groups in total. The van der Waals surface area contributed by atoms with E-state index in [0.717, 1.165) is 6.26 Å². The largest absolute Gasteiger partial charge is 0.454 e. The highest BCUT2D eigenvalue weighted by Crippen LogP contribution is 2.19. The number of halogens is 1. The van der Waals surface area contributed by atoms with Crippen molar-refractivity contribution in [2.45, 2.75) is 26.0 Å². The molecule has 3 rings (SSSR count). The van der Waals surface area contributed by atoms with Gasteiger partial charge in [-0.1, -0.05) is 11.6 Å². The number of Topliss-reactive ketones (excluding diaryl/α,β-unsaturated/α-hetero) is 1. The van der Waals surface area contributed by atoms with Crippen molar-refractivity contribution in [2.24, 2.45) is 0 Å². The Hall–Kier alpha value is -3.11. The van der Waals surface area contributed by atoms with Gasteiger partial charge in [0.1, 0.15) is 0 Å². The summed E-state index contributed by atoms with van der Waals surface area (Å²) in [5.41, 5.74) is 1.37. The van der Waals surface area contributed by atoms with E-state index in [9.17, 15) is 22.8 Å². The van der Waals surface area contributed by atoms with Crippen molar-refractivity contribution in [1.82, 2.24) is 4.57 Å². The number of aryl methyl sites for hydroxylation is 1. The number of hydrogen-bond donors (Lipinski definition) is 1. The van der Waals surface area contributed by atoms with E-state index < -0.39 is 33.6 Å². The molecule has 164 valence electrons. The number of oxazole rings is 1. The summed E-state index contributed by atoms with van der Waals surface area (Å²) < 4.78 is 36.3. The number of nitrogens with one attached hydrogen (secondary N) is 1. The van der Waals surface area contributed by atoms with Crippen LogP contribution in [0.4, 0.5) is 5.69 Å². The minimum Gasteiger partial charge on any atom is -0.454 e. The van der Waals surface area contributed by atoms with E-state index in [1.54, 1.807) is 12.1 Å². The minimum atomic E-state index is -3.43. The smallest absolute Gasteiger partial charge is 0.419 e. The number of ether oxygens (including phenoxy) is 1. The number of carbonyl (C=O) groups is 2. The van der Waals surface area contributed by atoms with Crippen LogP contribution < -0.4 is 10.5 Å². The van der Waals surface area contributed by atoms with Crippen LogP contribution in [0.2, 0.25) is 5.02 Å². The van der Waals surface area contributed by atoms with Crippen LogP contribution in [-0.4, -0.2) is 37.1 Å². The fourth-order valence-electron chi connectivity index (χ4n) is 2.92. The number of esters is 1. The van der Waals surface area contributed by atoms with Gasteiger partial charge in [0.2, 0.25) is 15.8 Å². The lowest BCUT2D eigenvalue weighted by atomic mass is 10.1. The predicted molar refractivity (Wildman–Crippen MR) is 115 cm³/mol. The first-order valence-electron chi connectivity index (χ1n) is 9.14. The minimum absolute atomic E-state index is 0.0130. The van der Waals surface area contributed by atoms with Crippen molar-refractivity contribution < 1.29 is 27.2 Å². The molecule has 2 aromatic carbocycles. The van der Waals surface area contributed by atoms with E-state index in [1.807, 2.05) is 0 Å². The number of aromatic nitrogens is 1. The van der Waals surface area contributed by atoms with Gasteiger partial charge in [-0.3, -0.25) is 18.9 Å². The number of anilines is 1. The Balaban J connectivity index is 1.60. The number of carbonyl (C=O) groups excluding carboxylic acids is 2. The first-order valence-corrected chi connectivity index (χ1v) is 11.4. The van der Waals surface area contributed by atoms with Crippen molar-refractivity contribution in [1.29, 1.82) is 0 Å². The van der Waals surface area contributed by atoms with Gasteiger partial charge in [0.05, 0.1) is 18.2 Å². The summed E-state index contributed by atoms with van der Waals surface area (Å²) in [5, 5.41) is 0.417. The Kier molecular flexibility index (Phi) is 6.51. The van der Waals surface area contributed by atoms with Crippen LogP contribution in [0.5, 0.6) is 0 Å². The van der Waals surface area contributed by atoms with Crippen molar-refractivity contribution in [2.75, 3.05) is 11.0 Å². The van der Waals surface area contributed by atoms with Crippen LogP contribution in [0.15, 0.2) is 51.7 Å². The molecule has 0 saturated carbocycles. The van der Waals surface area contributed by atoms with E-state index >= 15 is 0 Å². The average molecular weight is 467 g/mol. The molecule has 0 unspecified atom stereocenters. The lowest BCUT2D eigenvalue weighted by Gasteiger charge is -2.13. The highest BCUT2D eigenvalue weighted by molar-refractivity contribution is 7.92. The molecule has 0 aliphatic heterocycles. The molecule has 0 bridgehead atoms. The van der Waals surface area contributed by atoms with Gasteiger partial charge >= 0.3 is 11.7 Å². The Morgan fingerprint density at radius 1 is 1.19 bits per heavy atom. The highest BCUT2D eigenvalue weighted by Gasteiger charge is 2.20. The molecule has 0 fully saturated rings. The maximum atomic E-state index is 12.5.